The summed E-state index contributed by atoms with van der Waals surface area (Å²) in [5, 5.41) is 20.8. The van der Waals surface area contributed by atoms with Crippen molar-refractivity contribution < 1.29 is 14.5 Å². The van der Waals surface area contributed by atoms with E-state index in [-0.39, 0.29) is 18.1 Å². The number of carbonyl (C=O) groups is 1. The molecule has 0 amide bonds. The van der Waals surface area contributed by atoms with Crippen LogP contribution in [0.2, 0.25) is 0 Å². The molecule has 1 aromatic heterocycles. The van der Waals surface area contributed by atoms with E-state index in [0.29, 0.717) is 41.3 Å². The second kappa shape index (κ2) is 11.5. The van der Waals surface area contributed by atoms with Gasteiger partial charge in [-0.05, 0) is 61.3 Å². The van der Waals surface area contributed by atoms with Crippen molar-refractivity contribution in [1.82, 2.24) is 4.37 Å². The van der Waals surface area contributed by atoms with Crippen LogP contribution in [0.15, 0.2) is 77.0 Å². The zero-order valence-electron chi connectivity index (χ0n) is 20.0. The van der Waals surface area contributed by atoms with E-state index in [1.165, 1.54) is 17.7 Å². The first-order valence-corrected chi connectivity index (χ1v) is 12.2. The van der Waals surface area contributed by atoms with Gasteiger partial charge in [-0.2, -0.15) is 4.37 Å². The molecule has 0 aliphatic carbocycles. The van der Waals surface area contributed by atoms with Crippen molar-refractivity contribution in [2.45, 2.75) is 26.8 Å². The molecule has 0 aliphatic rings. The lowest BCUT2D eigenvalue weighted by atomic mass is 10.1. The van der Waals surface area contributed by atoms with Crippen LogP contribution in [0.3, 0.4) is 0 Å². The number of fused-ring (bicyclic) bond motifs is 1. The molecule has 0 aliphatic heterocycles. The molecule has 0 atom stereocenters. The van der Waals surface area contributed by atoms with Gasteiger partial charge in [0, 0.05) is 36.3 Å². The van der Waals surface area contributed by atoms with Gasteiger partial charge in [-0.25, -0.2) is 0 Å². The van der Waals surface area contributed by atoms with Gasteiger partial charge in [-0.3, -0.25) is 14.9 Å². The smallest absolute Gasteiger partial charge is 0.307 e. The third-order valence-electron chi connectivity index (χ3n) is 5.51. The minimum absolute atomic E-state index is 0.0139. The molecule has 0 bridgehead atoms. The molecule has 0 saturated carbocycles. The standard InChI is InChI=1S/C26H25N5O4S/c1-3-35-25(32)14-15-30(17-19-6-4-18(2)5-7-19)21-10-8-20(9-11-21)27-28-26-23-16-22(31(33)34)12-13-24(23)29-36-26/h4-13,16H,3,14-15,17H2,1-2H3. The molecule has 36 heavy (non-hydrogen) atoms. The summed E-state index contributed by atoms with van der Waals surface area (Å²) < 4.78 is 9.38. The molecule has 0 saturated heterocycles. The number of aryl methyl sites for hydroxylation is 1. The van der Waals surface area contributed by atoms with Crippen molar-refractivity contribution in [3.63, 3.8) is 0 Å². The number of anilines is 1. The number of hydrogen-bond donors (Lipinski definition) is 0. The summed E-state index contributed by atoms with van der Waals surface area (Å²) in [6.45, 7) is 5.36. The SMILES string of the molecule is CCOC(=O)CCN(Cc1ccc(C)cc1)c1ccc(N=Nc2snc3ccc([N+](=O)[O-])cc23)cc1. The van der Waals surface area contributed by atoms with E-state index in [4.69, 9.17) is 4.74 Å². The van der Waals surface area contributed by atoms with Gasteiger partial charge in [0.2, 0.25) is 0 Å². The molecule has 3 aromatic carbocycles. The highest BCUT2D eigenvalue weighted by molar-refractivity contribution is 7.11. The maximum Gasteiger partial charge on any atom is 0.307 e. The molecule has 0 fully saturated rings. The first kappa shape index (κ1) is 24.9. The number of ether oxygens (including phenoxy) is 1. The maximum atomic E-state index is 12.0. The van der Waals surface area contributed by atoms with Gasteiger partial charge in [-0.1, -0.05) is 29.8 Å². The van der Waals surface area contributed by atoms with E-state index < -0.39 is 4.92 Å². The average molecular weight is 504 g/mol. The maximum absolute atomic E-state index is 12.0. The molecule has 0 spiro atoms. The quantitative estimate of drug-likeness (QED) is 0.101. The minimum Gasteiger partial charge on any atom is -0.466 e. The highest BCUT2D eigenvalue weighted by Gasteiger charge is 2.13. The highest BCUT2D eigenvalue weighted by Crippen LogP contribution is 2.34. The Labute approximate surface area is 212 Å². The molecular formula is C26H25N5O4S. The number of nitrogens with zero attached hydrogens (tertiary/aromatic N) is 5. The molecule has 0 N–H and O–H groups in total. The summed E-state index contributed by atoms with van der Waals surface area (Å²) in [6, 6.07) is 20.4. The molecule has 10 heteroatoms. The fourth-order valence-electron chi connectivity index (χ4n) is 3.61. The molecular weight excluding hydrogens is 478 g/mol. The Kier molecular flexibility index (Phi) is 7.96. The predicted molar refractivity (Wildman–Crippen MR) is 140 cm³/mol. The van der Waals surface area contributed by atoms with E-state index >= 15 is 0 Å². The fraction of sp³-hybridized carbons (Fsp3) is 0.231. The zero-order chi connectivity index (χ0) is 25.5. The second-order valence-corrected chi connectivity index (χ2v) is 8.88. The largest absolute Gasteiger partial charge is 0.466 e. The zero-order valence-corrected chi connectivity index (χ0v) is 20.8. The van der Waals surface area contributed by atoms with Crippen LogP contribution in [0.4, 0.5) is 22.1 Å². The summed E-state index contributed by atoms with van der Waals surface area (Å²) in [4.78, 5) is 24.7. The topological polar surface area (TPSA) is 110 Å². The van der Waals surface area contributed by atoms with Gasteiger partial charge in [0.25, 0.3) is 5.69 Å². The first-order chi connectivity index (χ1) is 17.4. The molecule has 1 heterocycles. The summed E-state index contributed by atoms with van der Waals surface area (Å²) in [6.07, 6.45) is 0.283. The van der Waals surface area contributed by atoms with Crippen molar-refractivity contribution in [2.75, 3.05) is 18.1 Å². The van der Waals surface area contributed by atoms with Crippen molar-refractivity contribution in [3.05, 3.63) is 88.0 Å². The Morgan fingerprint density at radius 3 is 2.53 bits per heavy atom. The van der Waals surface area contributed by atoms with Gasteiger partial charge >= 0.3 is 5.97 Å². The lowest BCUT2D eigenvalue weighted by molar-refractivity contribution is -0.384. The van der Waals surface area contributed by atoms with E-state index in [0.717, 1.165) is 22.8 Å². The summed E-state index contributed by atoms with van der Waals surface area (Å²) >= 11 is 1.14. The van der Waals surface area contributed by atoms with Gasteiger partial charge in [0.1, 0.15) is 0 Å². The van der Waals surface area contributed by atoms with Crippen LogP contribution in [0.25, 0.3) is 10.9 Å². The molecule has 4 rings (SSSR count). The van der Waals surface area contributed by atoms with E-state index in [1.807, 2.05) is 31.2 Å². The van der Waals surface area contributed by atoms with Crippen LogP contribution in [-0.2, 0) is 16.1 Å². The number of benzene rings is 3. The van der Waals surface area contributed by atoms with Crippen LogP contribution in [0, 0.1) is 17.0 Å². The third kappa shape index (κ3) is 6.28. The summed E-state index contributed by atoms with van der Waals surface area (Å²) in [5.74, 6) is -0.228. The Bertz CT molecular complexity index is 1380. The van der Waals surface area contributed by atoms with Crippen molar-refractivity contribution in [1.29, 1.82) is 0 Å². The molecule has 184 valence electrons. The average Bonchev–Trinajstić information content (AvgIpc) is 3.29. The van der Waals surface area contributed by atoms with E-state index in [9.17, 15) is 14.9 Å². The molecule has 0 unspecified atom stereocenters. The third-order valence-corrected chi connectivity index (χ3v) is 6.27. The number of carbonyl (C=O) groups excluding carboxylic acids is 1. The van der Waals surface area contributed by atoms with Crippen LogP contribution < -0.4 is 4.90 Å². The van der Waals surface area contributed by atoms with E-state index in [2.05, 4.69) is 43.8 Å². The normalized spacial score (nSPS) is 11.2. The Hall–Kier alpha value is -4.18. The van der Waals surface area contributed by atoms with Crippen LogP contribution in [-0.4, -0.2) is 28.4 Å². The molecule has 4 aromatic rings. The Morgan fingerprint density at radius 1 is 1.08 bits per heavy atom. The number of hydrogen-bond acceptors (Lipinski definition) is 9. The number of non-ortho nitro benzene ring substituents is 1. The van der Waals surface area contributed by atoms with Crippen molar-refractivity contribution >= 4 is 50.5 Å². The number of azo groups is 1. The van der Waals surface area contributed by atoms with Crippen molar-refractivity contribution in [3.8, 4) is 0 Å². The number of aromatic nitrogens is 1. The van der Waals surface area contributed by atoms with Crippen LogP contribution >= 0.6 is 11.5 Å². The van der Waals surface area contributed by atoms with Crippen LogP contribution in [0.5, 0.6) is 0 Å². The molecule has 9 nitrogen and oxygen atoms in total. The lowest BCUT2D eigenvalue weighted by Gasteiger charge is -2.25. The first-order valence-electron chi connectivity index (χ1n) is 11.4. The predicted octanol–water partition coefficient (Wildman–Crippen LogP) is 6.89. The fourth-order valence-corrected chi connectivity index (χ4v) is 4.29. The lowest BCUT2D eigenvalue weighted by Crippen LogP contribution is -2.26. The summed E-state index contributed by atoms with van der Waals surface area (Å²) in [5.41, 5.74) is 4.53. The van der Waals surface area contributed by atoms with Gasteiger partial charge in [0.15, 0.2) is 5.00 Å². The summed E-state index contributed by atoms with van der Waals surface area (Å²) in [7, 11) is 0. The number of nitro groups is 1. The molecule has 0 radical (unpaired) electrons. The van der Waals surface area contributed by atoms with Crippen LogP contribution in [0.1, 0.15) is 24.5 Å². The van der Waals surface area contributed by atoms with Gasteiger partial charge in [0.05, 0.1) is 29.2 Å². The van der Waals surface area contributed by atoms with Gasteiger partial charge < -0.3 is 9.64 Å². The number of esters is 1. The number of nitro benzene ring substituents is 1. The second-order valence-electron chi connectivity index (χ2n) is 8.12. The van der Waals surface area contributed by atoms with E-state index in [1.54, 1.807) is 13.0 Å². The van der Waals surface area contributed by atoms with Gasteiger partial charge in [-0.15, -0.1) is 10.2 Å². The monoisotopic (exact) mass is 503 g/mol. The Morgan fingerprint density at radius 2 is 1.83 bits per heavy atom. The Balaban J connectivity index is 1.52. The number of rotatable bonds is 10. The minimum atomic E-state index is -0.443. The van der Waals surface area contributed by atoms with Crippen molar-refractivity contribution in [2.24, 2.45) is 10.2 Å². The highest BCUT2D eigenvalue weighted by atomic mass is 32.1.